The van der Waals surface area contributed by atoms with E-state index in [1.54, 1.807) is 0 Å². The zero-order chi connectivity index (χ0) is 7.68. The minimum Gasteiger partial charge on any atom is -0.392 e. The van der Waals surface area contributed by atoms with Crippen molar-refractivity contribution in [2.24, 2.45) is 5.92 Å². The molecule has 0 aromatic carbocycles. The third-order valence-electron chi connectivity index (χ3n) is 1.99. The molecule has 60 valence electrons. The molecule has 1 saturated carbocycles. The van der Waals surface area contributed by atoms with Gasteiger partial charge in [-0.1, -0.05) is 4.49 Å². The van der Waals surface area contributed by atoms with E-state index in [0.29, 0.717) is 12.3 Å². The highest BCUT2D eigenvalue weighted by molar-refractivity contribution is 7.03. The number of hydrogen-bond donors (Lipinski definition) is 1. The second-order valence-electron chi connectivity index (χ2n) is 3.01. The second-order valence-corrected chi connectivity index (χ2v) is 3.61. The molecule has 1 aliphatic carbocycles. The Morgan fingerprint density at radius 3 is 3.09 bits per heavy atom. The number of rotatable bonds is 3. The fourth-order valence-electron chi connectivity index (χ4n) is 1.13. The van der Waals surface area contributed by atoms with Gasteiger partial charge in [-0.3, -0.25) is 0 Å². The van der Waals surface area contributed by atoms with Crippen molar-refractivity contribution in [1.82, 2.24) is 9.59 Å². The van der Waals surface area contributed by atoms with Gasteiger partial charge in [0.15, 0.2) is 0 Å². The summed E-state index contributed by atoms with van der Waals surface area (Å²) in [5.74, 6) is 0.539. The first-order valence-electron chi connectivity index (χ1n) is 3.80. The summed E-state index contributed by atoms with van der Waals surface area (Å²) in [6.45, 7) is 0. The number of aliphatic hydroxyl groups excluding tert-OH is 1. The van der Waals surface area contributed by atoms with Gasteiger partial charge in [-0.2, -0.15) is 0 Å². The van der Waals surface area contributed by atoms with Crippen LogP contribution >= 0.6 is 11.5 Å². The van der Waals surface area contributed by atoms with Crippen molar-refractivity contribution in [1.29, 1.82) is 0 Å². The maximum atomic E-state index is 9.50. The number of nitrogens with zero attached hydrogens (tertiary/aromatic N) is 2. The summed E-state index contributed by atoms with van der Waals surface area (Å²) >= 11 is 1.34. The molecule has 2 rings (SSSR count). The van der Waals surface area contributed by atoms with E-state index in [0.717, 1.165) is 5.69 Å². The summed E-state index contributed by atoms with van der Waals surface area (Å²) in [5, 5.41) is 15.3. The molecule has 1 N–H and O–H groups in total. The second kappa shape index (κ2) is 2.87. The first kappa shape index (κ1) is 7.18. The van der Waals surface area contributed by atoms with Crippen LogP contribution in [0.1, 0.15) is 18.5 Å². The standard InChI is InChI=1S/C7H10N2OS/c10-7(5-1-2-5)3-6-4-11-9-8-6/h4-5,7,10H,1-3H2. The lowest BCUT2D eigenvalue weighted by atomic mass is 10.1. The molecule has 4 heteroatoms. The molecule has 1 aliphatic rings. The fourth-order valence-corrected chi connectivity index (χ4v) is 1.60. The van der Waals surface area contributed by atoms with E-state index in [1.165, 1.54) is 24.4 Å². The fraction of sp³-hybridized carbons (Fsp3) is 0.714. The van der Waals surface area contributed by atoms with Crippen LogP contribution in [0.4, 0.5) is 0 Å². The number of aliphatic hydroxyl groups is 1. The van der Waals surface area contributed by atoms with Gasteiger partial charge in [-0.25, -0.2) is 0 Å². The van der Waals surface area contributed by atoms with E-state index in [1.807, 2.05) is 5.38 Å². The lowest BCUT2D eigenvalue weighted by Gasteiger charge is -2.04. The number of aromatic nitrogens is 2. The molecule has 1 atom stereocenters. The molecular formula is C7H10N2OS. The Morgan fingerprint density at radius 1 is 1.73 bits per heavy atom. The van der Waals surface area contributed by atoms with Crippen LogP contribution in [0.5, 0.6) is 0 Å². The summed E-state index contributed by atoms with van der Waals surface area (Å²) in [6.07, 6.45) is 2.86. The van der Waals surface area contributed by atoms with Crippen molar-refractivity contribution in [2.75, 3.05) is 0 Å². The van der Waals surface area contributed by atoms with Gasteiger partial charge in [-0.05, 0) is 30.3 Å². The molecule has 0 amide bonds. The third-order valence-corrected chi connectivity index (χ3v) is 2.54. The smallest absolute Gasteiger partial charge is 0.0781 e. The molecular weight excluding hydrogens is 160 g/mol. The lowest BCUT2D eigenvalue weighted by molar-refractivity contribution is 0.150. The average Bonchev–Trinajstić information content (AvgIpc) is 2.73. The monoisotopic (exact) mass is 170 g/mol. The summed E-state index contributed by atoms with van der Waals surface area (Å²) in [4.78, 5) is 0. The predicted molar refractivity (Wildman–Crippen MR) is 42.3 cm³/mol. The Bertz CT molecular complexity index is 220. The molecule has 0 radical (unpaired) electrons. The third kappa shape index (κ3) is 1.75. The molecule has 11 heavy (non-hydrogen) atoms. The maximum absolute atomic E-state index is 9.50. The van der Waals surface area contributed by atoms with E-state index in [9.17, 15) is 5.11 Å². The van der Waals surface area contributed by atoms with Crippen LogP contribution in [0.25, 0.3) is 0 Å². The quantitative estimate of drug-likeness (QED) is 0.731. The van der Waals surface area contributed by atoms with Gasteiger partial charge in [-0.15, -0.1) is 5.10 Å². The largest absolute Gasteiger partial charge is 0.392 e. The van der Waals surface area contributed by atoms with Crippen LogP contribution in [-0.2, 0) is 6.42 Å². The molecule has 0 saturated heterocycles. The highest BCUT2D eigenvalue weighted by Crippen LogP contribution is 2.33. The molecule has 1 unspecified atom stereocenters. The van der Waals surface area contributed by atoms with E-state index in [2.05, 4.69) is 9.59 Å². The zero-order valence-corrected chi connectivity index (χ0v) is 6.92. The van der Waals surface area contributed by atoms with Crippen molar-refractivity contribution >= 4 is 11.5 Å². The summed E-state index contributed by atoms with van der Waals surface area (Å²) in [5.41, 5.74) is 0.925. The van der Waals surface area contributed by atoms with Crippen LogP contribution in [-0.4, -0.2) is 20.8 Å². The molecule has 0 spiro atoms. The molecule has 0 bridgehead atoms. The Hall–Kier alpha value is -0.480. The minimum absolute atomic E-state index is 0.182. The van der Waals surface area contributed by atoms with Crippen molar-refractivity contribution in [2.45, 2.75) is 25.4 Å². The molecule has 3 nitrogen and oxygen atoms in total. The van der Waals surface area contributed by atoms with E-state index < -0.39 is 0 Å². The highest BCUT2D eigenvalue weighted by atomic mass is 32.1. The van der Waals surface area contributed by atoms with Gasteiger partial charge in [0.25, 0.3) is 0 Å². The minimum atomic E-state index is -0.182. The highest BCUT2D eigenvalue weighted by Gasteiger charge is 2.29. The number of hydrogen-bond acceptors (Lipinski definition) is 4. The van der Waals surface area contributed by atoms with Crippen LogP contribution in [0.15, 0.2) is 5.38 Å². The summed E-state index contributed by atoms with van der Waals surface area (Å²) in [7, 11) is 0. The molecule has 0 aliphatic heterocycles. The predicted octanol–water partition coefficient (Wildman–Crippen LogP) is 0.851. The maximum Gasteiger partial charge on any atom is 0.0781 e. The summed E-state index contributed by atoms with van der Waals surface area (Å²) < 4.78 is 3.74. The first-order chi connectivity index (χ1) is 5.36. The Morgan fingerprint density at radius 2 is 2.55 bits per heavy atom. The Labute approximate surface area is 69.2 Å². The topological polar surface area (TPSA) is 46.0 Å². The van der Waals surface area contributed by atoms with Crippen LogP contribution in [0.3, 0.4) is 0 Å². The molecule has 1 aromatic rings. The summed E-state index contributed by atoms with van der Waals surface area (Å²) in [6, 6.07) is 0. The van der Waals surface area contributed by atoms with Gasteiger partial charge >= 0.3 is 0 Å². The van der Waals surface area contributed by atoms with Gasteiger partial charge in [0.05, 0.1) is 11.8 Å². The van der Waals surface area contributed by atoms with Crippen LogP contribution in [0.2, 0.25) is 0 Å². The van der Waals surface area contributed by atoms with E-state index >= 15 is 0 Å². The van der Waals surface area contributed by atoms with Gasteiger partial charge in [0.1, 0.15) is 0 Å². The normalized spacial score (nSPS) is 20.1. The Balaban J connectivity index is 1.89. The van der Waals surface area contributed by atoms with Gasteiger partial charge in [0.2, 0.25) is 0 Å². The SMILES string of the molecule is OC(Cc1csnn1)C1CC1. The van der Waals surface area contributed by atoms with Crippen LogP contribution < -0.4 is 0 Å². The molecule has 1 aromatic heterocycles. The Kier molecular flexibility index (Phi) is 1.87. The lowest BCUT2D eigenvalue weighted by Crippen LogP contribution is -2.12. The van der Waals surface area contributed by atoms with E-state index in [4.69, 9.17) is 0 Å². The molecule has 1 fully saturated rings. The average molecular weight is 170 g/mol. The van der Waals surface area contributed by atoms with Gasteiger partial charge < -0.3 is 5.11 Å². The van der Waals surface area contributed by atoms with E-state index in [-0.39, 0.29) is 6.10 Å². The van der Waals surface area contributed by atoms with Crippen molar-refractivity contribution < 1.29 is 5.11 Å². The molecule has 1 heterocycles. The zero-order valence-electron chi connectivity index (χ0n) is 6.10. The van der Waals surface area contributed by atoms with Crippen molar-refractivity contribution in [3.05, 3.63) is 11.1 Å². The first-order valence-corrected chi connectivity index (χ1v) is 4.64. The van der Waals surface area contributed by atoms with Crippen molar-refractivity contribution in [3.63, 3.8) is 0 Å². The van der Waals surface area contributed by atoms with Crippen molar-refractivity contribution in [3.8, 4) is 0 Å². The van der Waals surface area contributed by atoms with Crippen LogP contribution in [0, 0.1) is 5.92 Å². The van der Waals surface area contributed by atoms with Gasteiger partial charge in [0, 0.05) is 11.8 Å².